The molecule has 0 amide bonds. The highest BCUT2D eigenvalue weighted by atomic mass is 32.1. The number of rotatable bonds is 7. The molecule has 1 saturated heterocycles. The van der Waals surface area contributed by atoms with Gasteiger partial charge in [-0.25, -0.2) is 0 Å². The first kappa shape index (κ1) is 16.6. The lowest BCUT2D eigenvalue weighted by molar-refractivity contribution is -0.0382. The van der Waals surface area contributed by atoms with Crippen molar-refractivity contribution in [2.45, 2.75) is 18.9 Å². The highest BCUT2D eigenvalue weighted by Crippen LogP contribution is 2.21. The number of morpholine rings is 1. The van der Waals surface area contributed by atoms with E-state index in [0.717, 1.165) is 56.4 Å². The van der Waals surface area contributed by atoms with Crippen molar-refractivity contribution in [1.82, 2.24) is 19.9 Å². The zero-order chi connectivity index (χ0) is 16.1. The molecule has 3 heterocycles. The summed E-state index contributed by atoms with van der Waals surface area (Å²) in [5.41, 5.74) is 0. The van der Waals surface area contributed by atoms with Gasteiger partial charge in [-0.1, -0.05) is 11.2 Å². The molecule has 0 spiro atoms. The normalized spacial score (nSPS) is 19.5. The summed E-state index contributed by atoms with van der Waals surface area (Å²) in [4.78, 5) is 10.2. The van der Waals surface area contributed by atoms with Gasteiger partial charge in [-0.15, -0.1) is 11.3 Å². The van der Waals surface area contributed by atoms with Crippen molar-refractivity contribution in [1.29, 1.82) is 0 Å². The van der Waals surface area contributed by atoms with Gasteiger partial charge in [-0.3, -0.25) is 4.90 Å². The van der Waals surface area contributed by atoms with Gasteiger partial charge in [0.05, 0.1) is 17.6 Å². The molecule has 23 heavy (non-hydrogen) atoms. The van der Waals surface area contributed by atoms with E-state index in [1.54, 1.807) is 11.3 Å². The van der Waals surface area contributed by atoms with Crippen LogP contribution in [0.4, 0.5) is 0 Å². The summed E-state index contributed by atoms with van der Waals surface area (Å²) >= 11 is 1.63. The van der Waals surface area contributed by atoms with E-state index in [2.05, 4.69) is 34.0 Å². The fourth-order valence-electron chi connectivity index (χ4n) is 2.82. The van der Waals surface area contributed by atoms with Crippen molar-refractivity contribution in [2.24, 2.45) is 0 Å². The predicted molar refractivity (Wildman–Crippen MR) is 90.7 cm³/mol. The molecule has 1 aliphatic heterocycles. The second-order valence-corrected chi connectivity index (χ2v) is 7.10. The van der Waals surface area contributed by atoms with Crippen molar-refractivity contribution in [3.63, 3.8) is 0 Å². The Kier molecular flexibility index (Phi) is 5.77. The number of hydrogen-bond acceptors (Lipinski definition) is 7. The van der Waals surface area contributed by atoms with Gasteiger partial charge in [0.1, 0.15) is 0 Å². The average Bonchev–Trinajstić information content (AvgIpc) is 3.18. The number of aryl methyl sites for hydroxylation is 1. The van der Waals surface area contributed by atoms with Gasteiger partial charge in [0.15, 0.2) is 0 Å². The molecule has 0 aliphatic carbocycles. The van der Waals surface area contributed by atoms with Crippen molar-refractivity contribution >= 4 is 11.3 Å². The minimum Gasteiger partial charge on any atom is -0.374 e. The van der Waals surface area contributed by atoms with Crippen LogP contribution in [0.25, 0.3) is 10.7 Å². The minimum atomic E-state index is 0.313. The van der Waals surface area contributed by atoms with E-state index >= 15 is 0 Å². The minimum absolute atomic E-state index is 0.313. The van der Waals surface area contributed by atoms with Gasteiger partial charge in [-0.05, 0) is 38.5 Å². The first-order chi connectivity index (χ1) is 11.2. The summed E-state index contributed by atoms with van der Waals surface area (Å²) in [7, 11) is 4.17. The SMILES string of the molecule is CN(C)CC1CN(CCCc2nc(-c3cccs3)no2)CCO1. The zero-order valence-corrected chi connectivity index (χ0v) is 14.6. The van der Waals surface area contributed by atoms with Crippen molar-refractivity contribution in [3.05, 3.63) is 23.4 Å². The Morgan fingerprint density at radius 1 is 1.43 bits per heavy atom. The highest BCUT2D eigenvalue weighted by molar-refractivity contribution is 7.13. The Balaban J connectivity index is 1.42. The largest absolute Gasteiger partial charge is 0.374 e. The second kappa shape index (κ2) is 8.01. The van der Waals surface area contributed by atoms with E-state index in [0.29, 0.717) is 11.9 Å². The van der Waals surface area contributed by atoms with Crippen molar-refractivity contribution < 1.29 is 9.26 Å². The van der Waals surface area contributed by atoms with Gasteiger partial charge < -0.3 is 14.2 Å². The van der Waals surface area contributed by atoms with E-state index in [4.69, 9.17) is 9.26 Å². The second-order valence-electron chi connectivity index (χ2n) is 6.15. The maximum atomic E-state index is 5.81. The Labute approximate surface area is 141 Å². The summed E-state index contributed by atoms with van der Waals surface area (Å²) in [5, 5.41) is 6.08. The zero-order valence-electron chi connectivity index (χ0n) is 13.8. The topological polar surface area (TPSA) is 54.6 Å². The molecule has 0 radical (unpaired) electrons. The van der Waals surface area contributed by atoms with E-state index in [1.165, 1.54) is 0 Å². The molecular weight excluding hydrogens is 312 g/mol. The number of hydrogen-bond donors (Lipinski definition) is 0. The fraction of sp³-hybridized carbons (Fsp3) is 0.625. The average molecular weight is 336 g/mol. The van der Waals surface area contributed by atoms with Gasteiger partial charge in [0, 0.05) is 26.1 Å². The lowest BCUT2D eigenvalue weighted by atomic mass is 10.2. The Bertz CT molecular complexity index is 585. The molecule has 1 atom stereocenters. The molecular formula is C16H24N4O2S. The van der Waals surface area contributed by atoms with Crippen molar-refractivity contribution in [2.75, 3.05) is 46.9 Å². The van der Waals surface area contributed by atoms with Crippen LogP contribution >= 0.6 is 11.3 Å². The number of nitrogens with zero attached hydrogens (tertiary/aromatic N) is 4. The van der Waals surface area contributed by atoms with Crippen LogP contribution < -0.4 is 0 Å². The first-order valence-corrected chi connectivity index (χ1v) is 8.94. The third-order valence-electron chi connectivity index (χ3n) is 3.87. The quantitative estimate of drug-likeness (QED) is 0.771. The number of thiophene rings is 1. The van der Waals surface area contributed by atoms with Crippen molar-refractivity contribution in [3.8, 4) is 10.7 Å². The maximum Gasteiger partial charge on any atom is 0.227 e. The molecule has 7 heteroatoms. The summed E-state index contributed by atoms with van der Waals surface area (Å²) in [5.74, 6) is 1.43. The number of aromatic nitrogens is 2. The lowest BCUT2D eigenvalue weighted by Gasteiger charge is -2.34. The Morgan fingerprint density at radius 3 is 3.13 bits per heavy atom. The third kappa shape index (κ3) is 4.84. The highest BCUT2D eigenvalue weighted by Gasteiger charge is 2.20. The van der Waals surface area contributed by atoms with E-state index < -0.39 is 0 Å². The third-order valence-corrected chi connectivity index (χ3v) is 4.73. The monoisotopic (exact) mass is 336 g/mol. The van der Waals surface area contributed by atoms with Crippen LogP contribution in [0.5, 0.6) is 0 Å². The molecule has 0 aromatic carbocycles. The van der Waals surface area contributed by atoms with Gasteiger partial charge in [0.25, 0.3) is 0 Å². The molecule has 126 valence electrons. The number of ether oxygens (including phenoxy) is 1. The molecule has 2 aromatic rings. The van der Waals surface area contributed by atoms with Gasteiger partial charge in [-0.2, -0.15) is 4.98 Å². The Hall–Kier alpha value is -1.28. The summed E-state index contributed by atoms with van der Waals surface area (Å²) in [6.07, 6.45) is 2.17. The fourth-order valence-corrected chi connectivity index (χ4v) is 3.47. The molecule has 1 unspecified atom stereocenters. The molecule has 0 saturated carbocycles. The molecule has 3 rings (SSSR count). The molecule has 2 aromatic heterocycles. The predicted octanol–water partition coefficient (Wildman–Crippen LogP) is 1.99. The molecule has 1 aliphatic rings. The smallest absolute Gasteiger partial charge is 0.227 e. The van der Waals surface area contributed by atoms with Crippen LogP contribution in [-0.4, -0.2) is 72.9 Å². The van der Waals surface area contributed by atoms with E-state index in [-0.39, 0.29) is 0 Å². The van der Waals surface area contributed by atoms with E-state index in [1.807, 2.05) is 17.5 Å². The molecule has 6 nitrogen and oxygen atoms in total. The van der Waals surface area contributed by atoms with Crippen LogP contribution in [0.3, 0.4) is 0 Å². The van der Waals surface area contributed by atoms with Crippen LogP contribution in [-0.2, 0) is 11.2 Å². The maximum absolute atomic E-state index is 5.81. The first-order valence-electron chi connectivity index (χ1n) is 8.06. The van der Waals surface area contributed by atoms with Gasteiger partial charge in [0.2, 0.25) is 11.7 Å². The van der Waals surface area contributed by atoms with Crippen LogP contribution in [0, 0.1) is 0 Å². The standard InChI is InChI=1S/C16H24N4O2S/c1-19(2)11-13-12-20(8-9-21-13)7-3-6-15-17-16(18-22-15)14-5-4-10-23-14/h4-5,10,13H,3,6-9,11-12H2,1-2H3. The molecule has 1 fully saturated rings. The van der Waals surface area contributed by atoms with Crippen LogP contribution in [0.1, 0.15) is 12.3 Å². The van der Waals surface area contributed by atoms with E-state index in [9.17, 15) is 0 Å². The molecule has 0 bridgehead atoms. The number of likely N-dealkylation sites (N-methyl/N-ethyl adjacent to an activating group) is 1. The lowest BCUT2D eigenvalue weighted by Crippen LogP contribution is -2.46. The summed E-state index contributed by atoms with van der Waals surface area (Å²) < 4.78 is 11.2. The van der Waals surface area contributed by atoms with Crippen LogP contribution in [0.15, 0.2) is 22.0 Å². The Morgan fingerprint density at radius 2 is 2.35 bits per heavy atom. The summed E-state index contributed by atoms with van der Waals surface area (Å²) in [6, 6.07) is 4.01. The summed E-state index contributed by atoms with van der Waals surface area (Å²) in [6.45, 7) is 4.85. The van der Waals surface area contributed by atoms with Gasteiger partial charge >= 0.3 is 0 Å². The molecule has 0 N–H and O–H groups in total. The van der Waals surface area contributed by atoms with Crippen LogP contribution in [0.2, 0.25) is 0 Å².